The van der Waals surface area contributed by atoms with Gasteiger partial charge >= 0.3 is 0 Å². The molecule has 0 bridgehead atoms. The first-order chi connectivity index (χ1) is 13.5. The molecule has 3 aromatic rings. The number of nitrogens with zero attached hydrogens (tertiary/aromatic N) is 5. The summed E-state index contributed by atoms with van der Waals surface area (Å²) < 4.78 is 7.39. The zero-order chi connectivity index (χ0) is 19.4. The van der Waals surface area contributed by atoms with Gasteiger partial charge in [0.1, 0.15) is 0 Å². The summed E-state index contributed by atoms with van der Waals surface area (Å²) in [4.78, 5) is 19.6. The summed E-state index contributed by atoms with van der Waals surface area (Å²) in [7, 11) is 1.93. The van der Waals surface area contributed by atoms with Crippen molar-refractivity contribution in [1.29, 1.82) is 0 Å². The number of hydrogen-bond acceptors (Lipinski definition) is 5. The summed E-state index contributed by atoms with van der Waals surface area (Å²) >= 11 is 0. The first-order valence-corrected chi connectivity index (χ1v) is 9.76. The minimum Gasteiger partial charge on any atom is -0.334 e. The fourth-order valence-electron chi connectivity index (χ4n) is 3.91. The molecule has 144 valence electrons. The molecule has 7 nitrogen and oxygen atoms in total. The van der Waals surface area contributed by atoms with E-state index in [1.165, 1.54) is 0 Å². The van der Waals surface area contributed by atoms with Gasteiger partial charge in [-0.25, -0.2) is 0 Å². The van der Waals surface area contributed by atoms with Gasteiger partial charge in [-0.2, -0.15) is 10.1 Å². The predicted octanol–water partition coefficient (Wildman–Crippen LogP) is 3.16. The van der Waals surface area contributed by atoms with Crippen molar-refractivity contribution in [3.05, 3.63) is 52.0 Å². The average molecular weight is 377 g/mol. The van der Waals surface area contributed by atoms with Gasteiger partial charge in [-0.05, 0) is 38.3 Å². The number of fused-ring (bicyclic) bond motifs is 1. The van der Waals surface area contributed by atoms with Crippen molar-refractivity contribution >= 4 is 5.91 Å². The monoisotopic (exact) mass is 377 g/mol. The molecule has 1 amide bonds. The maximum absolute atomic E-state index is 13.2. The molecule has 1 aliphatic heterocycles. The van der Waals surface area contributed by atoms with Crippen LogP contribution in [0.15, 0.2) is 22.7 Å². The molecule has 5 rings (SSSR count). The largest absolute Gasteiger partial charge is 0.334 e. The maximum Gasteiger partial charge on any atom is 0.278 e. The Morgan fingerprint density at radius 3 is 2.86 bits per heavy atom. The third-order valence-corrected chi connectivity index (χ3v) is 5.74. The van der Waals surface area contributed by atoms with Crippen molar-refractivity contribution in [3.8, 4) is 11.6 Å². The summed E-state index contributed by atoms with van der Waals surface area (Å²) in [6.45, 7) is 5.17. The Kier molecular flexibility index (Phi) is 3.86. The van der Waals surface area contributed by atoms with Crippen LogP contribution in [0.25, 0.3) is 11.6 Å². The fraction of sp³-hybridized carbons (Fsp3) is 0.429. The third-order valence-electron chi connectivity index (χ3n) is 5.74. The van der Waals surface area contributed by atoms with E-state index >= 15 is 0 Å². The summed E-state index contributed by atoms with van der Waals surface area (Å²) in [5.74, 6) is 1.72. The van der Waals surface area contributed by atoms with Crippen molar-refractivity contribution in [3.63, 3.8) is 0 Å². The first-order valence-electron chi connectivity index (χ1n) is 9.76. The number of aromatic nitrogens is 4. The lowest BCUT2D eigenvalue weighted by atomic mass is 10.0. The van der Waals surface area contributed by atoms with Gasteiger partial charge in [-0.1, -0.05) is 22.9 Å². The van der Waals surface area contributed by atoms with E-state index in [-0.39, 0.29) is 5.91 Å². The highest BCUT2D eigenvalue weighted by Gasteiger charge is 2.33. The van der Waals surface area contributed by atoms with Crippen LogP contribution in [0.4, 0.5) is 0 Å². The lowest BCUT2D eigenvalue weighted by Gasteiger charge is -2.28. The van der Waals surface area contributed by atoms with Gasteiger partial charge in [-0.15, -0.1) is 0 Å². The van der Waals surface area contributed by atoms with E-state index in [4.69, 9.17) is 4.52 Å². The quantitative estimate of drug-likeness (QED) is 0.701. The fourth-order valence-corrected chi connectivity index (χ4v) is 3.91. The normalized spacial score (nSPS) is 16.3. The molecule has 0 radical (unpaired) electrons. The number of hydrogen-bond donors (Lipinski definition) is 0. The van der Waals surface area contributed by atoms with Crippen LogP contribution >= 0.6 is 0 Å². The lowest BCUT2D eigenvalue weighted by molar-refractivity contribution is 0.0732. The Bertz CT molecular complexity index is 1080. The van der Waals surface area contributed by atoms with Gasteiger partial charge in [0.2, 0.25) is 0 Å². The second-order valence-corrected chi connectivity index (χ2v) is 7.92. The Hall–Kier alpha value is -2.96. The number of carbonyl (C=O) groups excluding carboxylic acids is 1. The second-order valence-electron chi connectivity index (χ2n) is 7.92. The molecule has 1 fully saturated rings. The van der Waals surface area contributed by atoms with Crippen LogP contribution in [0.3, 0.4) is 0 Å². The Morgan fingerprint density at radius 1 is 1.25 bits per heavy atom. The summed E-state index contributed by atoms with van der Waals surface area (Å²) in [6.07, 6.45) is 3.01. The summed E-state index contributed by atoms with van der Waals surface area (Å²) in [6, 6.07) is 6.01. The molecule has 0 N–H and O–H groups in total. The Morgan fingerprint density at radius 2 is 2.07 bits per heavy atom. The van der Waals surface area contributed by atoms with E-state index in [9.17, 15) is 4.79 Å². The van der Waals surface area contributed by atoms with Crippen LogP contribution in [0.2, 0.25) is 0 Å². The van der Waals surface area contributed by atoms with Crippen LogP contribution in [0.5, 0.6) is 0 Å². The molecule has 0 unspecified atom stereocenters. The molecule has 1 aliphatic carbocycles. The molecule has 0 saturated heterocycles. The van der Waals surface area contributed by atoms with Crippen LogP contribution in [-0.2, 0) is 20.0 Å². The van der Waals surface area contributed by atoms with Crippen molar-refractivity contribution in [2.45, 2.75) is 45.6 Å². The Labute approximate surface area is 163 Å². The van der Waals surface area contributed by atoms with Gasteiger partial charge in [-0.3, -0.25) is 9.48 Å². The molecule has 0 spiro atoms. The van der Waals surface area contributed by atoms with Gasteiger partial charge in [0, 0.05) is 42.8 Å². The summed E-state index contributed by atoms with van der Waals surface area (Å²) in [5, 5.41) is 8.76. The number of rotatable bonds is 3. The van der Waals surface area contributed by atoms with E-state index in [2.05, 4.69) is 15.2 Å². The molecule has 0 atom stereocenters. The number of benzene rings is 1. The van der Waals surface area contributed by atoms with E-state index in [0.29, 0.717) is 30.6 Å². The minimum absolute atomic E-state index is 0.0610. The molecule has 28 heavy (non-hydrogen) atoms. The SMILES string of the molecule is Cc1ccc(C)c(C(=O)N2CCc3c(c(-c4nc(C5CC5)no4)nn3C)C2)c1. The second kappa shape index (κ2) is 6.29. The number of carbonyl (C=O) groups is 1. The Balaban J connectivity index is 1.47. The van der Waals surface area contributed by atoms with Gasteiger partial charge < -0.3 is 9.42 Å². The molecule has 1 aromatic carbocycles. The molecular weight excluding hydrogens is 354 g/mol. The van der Waals surface area contributed by atoms with E-state index in [1.807, 2.05) is 48.7 Å². The highest BCUT2D eigenvalue weighted by Crippen LogP contribution is 2.39. The van der Waals surface area contributed by atoms with Crippen LogP contribution in [0, 0.1) is 13.8 Å². The molecule has 1 saturated carbocycles. The molecule has 3 heterocycles. The number of amides is 1. The zero-order valence-corrected chi connectivity index (χ0v) is 16.4. The average Bonchev–Trinajstić information content (AvgIpc) is 3.34. The van der Waals surface area contributed by atoms with Crippen molar-refractivity contribution in [1.82, 2.24) is 24.8 Å². The lowest BCUT2D eigenvalue weighted by Crippen LogP contribution is -2.36. The number of aryl methyl sites for hydroxylation is 3. The highest BCUT2D eigenvalue weighted by atomic mass is 16.5. The molecular formula is C21H23N5O2. The van der Waals surface area contributed by atoms with Gasteiger partial charge in [0.05, 0.1) is 6.54 Å². The minimum atomic E-state index is 0.0610. The predicted molar refractivity (Wildman–Crippen MR) is 103 cm³/mol. The van der Waals surface area contributed by atoms with Crippen LogP contribution < -0.4 is 0 Å². The summed E-state index contributed by atoms with van der Waals surface area (Å²) in [5.41, 5.74) is 5.70. The standard InChI is InChI=1S/C21H23N5O2/c1-12-4-5-13(2)15(10-12)21(27)26-9-8-17-16(11-26)18(23-25(17)3)20-22-19(24-28-20)14-6-7-14/h4-5,10,14H,6-9,11H2,1-3H3. The van der Waals surface area contributed by atoms with Gasteiger partial charge in [0.25, 0.3) is 11.8 Å². The zero-order valence-electron chi connectivity index (χ0n) is 16.4. The van der Waals surface area contributed by atoms with Crippen molar-refractivity contribution < 1.29 is 9.32 Å². The highest BCUT2D eigenvalue weighted by molar-refractivity contribution is 5.96. The van der Waals surface area contributed by atoms with Crippen LogP contribution in [0.1, 0.15) is 57.3 Å². The van der Waals surface area contributed by atoms with Crippen molar-refractivity contribution in [2.24, 2.45) is 7.05 Å². The van der Waals surface area contributed by atoms with Crippen LogP contribution in [-0.4, -0.2) is 37.3 Å². The molecule has 7 heteroatoms. The third kappa shape index (κ3) is 2.82. The van der Waals surface area contributed by atoms with E-state index < -0.39 is 0 Å². The smallest absolute Gasteiger partial charge is 0.278 e. The topological polar surface area (TPSA) is 77.1 Å². The molecule has 2 aromatic heterocycles. The molecule has 2 aliphatic rings. The van der Waals surface area contributed by atoms with E-state index in [1.54, 1.807) is 0 Å². The first kappa shape index (κ1) is 17.2. The van der Waals surface area contributed by atoms with Gasteiger partial charge in [0.15, 0.2) is 11.5 Å². The maximum atomic E-state index is 13.2. The van der Waals surface area contributed by atoms with Crippen molar-refractivity contribution in [2.75, 3.05) is 6.54 Å². The van der Waals surface area contributed by atoms with E-state index in [0.717, 1.165) is 53.0 Å².